The Morgan fingerprint density at radius 2 is 0.903 bits per heavy atom. The Kier molecular flexibility index (Phi) is 10.5. The van der Waals surface area contributed by atoms with E-state index in [4.69, 9.17) is 9.47 Å². The monoisotopic (exact) mass is 836 g/mol. The molecular formula is C52H60N4O6. The van der Waals surface area contributed by atoms with Crippen LogP contribution >= 0.6 is 0 Å². The fourth-order valence-electron chi connectivity index (χ4n) is 9.69. The van der Waals surface area contributed by atoms with Gasteiger partial charge in [0.2, 0.25) is 11.8 Å². The van der Waals surface area contributed by atoms with Crippen LogP contribution in [0.15, 0.2) is 84.9 Å². The number of rotatable bonds is 6. The lowest BCUT2D eigenvalue weighted by molar-refractivity contribution is -0.121. The van der Waals surface area contributed by atoms with Gasteiger partial charge in [-0.2, -0.15) is 0 Å². The lowest BCUT2D eigenvalue weighted by Gasteiger charge is -2.28. The maximum Gasteiger partial charge on any atom is 0.410 e. The fourth-order valence-corrected chi connectivity index (χ4v) is 9.69. The zero-order valence-electron chi connectivity index (χ0n) is 37.1. The van der Waals surface area contributed by atoms with Crippen LogP contribution in [0.2, 0.25) is 0 Å². The Balaban J connectivity index is 0.863. The van der Waals surface area contributed by atoms with Crippen LogP contribution in [-0.2, 0) is 44.7 Å². The highest BCUT2D eigenvalue weighted by Crippen LogP contribution is 2.56. The molecule has 62 heavy (non-hydrogen) atoms. The van der Waals surface area contributed by atoms with E-state index in [2.05, 4.69) is 71.3 Å². The van der Waals surface area contributed by atoms with E-state index >= 15 is 0 Å². The second-order valence-corrected chi connectivity index (χ2v) is 20.8. The highest BCUT2D eigenvalue weighted by atomic mass is 16.6. The molecule has 0 aromatic heterocycles. The first-order valence-corrected chi connectivity index (χ1v) is 22.5. The standard InChI is InChI=1S/C52H60N4O6/c1-49(2,3)61-47(59)55-31-51(23-24-51)29-43(55)45(57)53-39-19-15-37(16-20-39)41-27-33-7-11-35(41)13-9-34-8-12-36(14-10-33)42(28-34)38-17-21-40(22-18-38)54-46(58)44-30-52(25-26-52)32-56(44)48(60)62-50(4,5)6/h7-8,11-12,15-22,27-28,43-44H,9-10,13-14,23-26,29-32H2,1-6H3,(H,53,57)(H,54,58)/t43-,44-/m0/s1. The Morgan fingerprint density at radius 3 is 1.24 bits per heavy atom. The first-order chi connectivity index (χ1) is 29.4. The van der Waals surface area contributed by atoms with Crippen LogP contribution in [-0.4, -0.2) is 70.2 Å². The number of anilines is 2. The lowest BCUT2D eigenvalue weighted by Crippen LogP contribution is -2.45. The summed E-state index contributed by atoms with van der Waals surface area (Å²) >= 11 is 0. The van der Waals surface area contributed by atoms with Gasteiger partial charge in [-0.25, -0.2) is 9.59 Å². The molecule has 0 radical (unpaired) electrons. The number of hydrogen-bond acceptors (Lipinski definition) is 6. The molecule has 4 bridgehead atoms. The number of ether oxygens (including phenoxy) is 2. The van der Waals surface area contributed by atoms with Crippen molar-refractivity contribution in [2.75, 3.05) is 23.7 Å². The van der Waals surface area contributed by atoms with Crippen LogP contribution in [0.3, 0.4) is 0 Å². The first-order valence-electron chi connectivity index (χ1n) is 22.5. The first kappa shape index (κ1) is 41.7. The van der Waals surface area contributed by atoms with E-state index in [9.17, 15) is 19.2 Å². The Hall–Kier alpha value is -5.64. The Labute approximate surface area is 365 Å². The highest BCUT2D eigenvalue weighted by Gasteiger charge is 2.57. The van der Waals surface area contributed by atoms with Crippen LogP contribution < -0.4 is 10.6 Å². The van der Waals surface area contributed by atoms with Crippen molar-refractivity contribution in [3.05, 3.63) is 107 Å². The molecular weight excluding hydrogens is 777 g/mol. The molecule has 2 spiro atoms. The maximum absolute atomic E-state index is 13.6. The molecule has 2 aliphatic heterocycles. The number of aryl methyl sites for hydroxylation is 4. The van der Waals surface area contributed by atoms with Gasteiger partial charge in [-0.15, -0.1) is 0 Å². The van der Waals surface area contributed by atoms with Gasteiger partial charge in [0.15, 0.2) is 0 Å². The number of nitrogens with one attached hydrogen (secondary N) is 2. The van der Waals surface area contributed by atoms with E-state index in [0.29, 0.717) is 37.3 Å². The largest absolute Gasteiger partial charge is 0.444 e. The number of nitrogens with zero attached hydrogens (tertiary/aromatic N) is 2. The minimum Gasteiger partial charge on any atom is -0.444 e. The zero-order valence-corrected chi connectivity index (χ0v) is 37.1. The molecule has 2 heterocycles. The fraction of sp³-hybridized carbons (Fsp3) is 0.462. The average Bonchev–Trinajstić information content (AvgIpc) is 4.07. The Bertz CT molecular complexity index is 2230. The Morgan fingerprint density at radius 1 is 0.532 bits per heavy atom. The smallest absolute Gasteiger partial charge is 0.410 e. The summed E-state index contributed by atoms with van der Waals surface area (Å²) in [5.74, 6) is -0.341. The predicted molar refractivity (Wildman–Crippen MR) is 242 cm³/mol. The molecule has 12 rings (SSSR count). The summed E-state index contributed by atoms with van der Waals surface area (Å²) in [4.78, 5) is 56.7. The minimum atomic E-state index is -0.629. The molecule has 4 fully saturated rings. The molecule has 8 aliphatic rings. The van der Waals surface area contributed by atoms with Crippen molar-refractivity contribution in [1.82, 2.24) is 9.80 Å². The van der Waals surface area contributed by atoms with Crippen LogP contribution in [0.1, 0.15) is 102 Å². The summed E-state index contributed by atoms with van der Waals surface area (Å²) in [6, 6.07) is 28.8. The third-order valence-electron chi connectivity index (χ3n) is 13.4. The summed E-state index contributed by atoms with van der Waals surface area (Å²) in [6.45, 7) is 12.2. The normalized spacial score (nSPS) is 20.7. The molecule has 6 aliphatic carbocycles. The van der Waals surface area contributed by atoms with E-state index in [0.717, 1.165) is 62.5 Å². The molecule has 10 nitrogen and oxygen atoms in total. The maximum atomic E-state index is 13.6. The van der Waals surface area contributed by atoms with Gasteiger partial charge < -0.3 is 20.1 Å². The molecule has 2 saturated heterocycles. The van der Waals surface area contributed by atoms with Crippen molar-refractivity contribution in [2.45, 2.75) is 129 Å². The molecule has 4 amide bonds. The summed E-state index contributed by atoms with van der Waals surface area (Å²) in [5, 5.41) is 6.20. The van der Waals surface area contributed by atoms with Gasteiger partial charge in [0, 0.05) is 24.5 Å². The van der Waals surface area contributed by atoms with Gasteiger partial charge >= 0.3 is 12.2 Å². The third-order valence-corrected chi connectivity index (χ3v) is 13.4. The molecule has 324 valence electrons. The molecule has 2 N–H and O–H groups in total. The van der Waals surface area contributed by atoms with Crippen molar-refractivity contribution >= 4 is 35.4 Å². The molecule has 2 atom stereocenters. The van der Waals surface area contributed by atoms with Crippen molar-refractivity contribution in [2.24, 2.45) is 10.8 Å². The van der Waals surface area contributed by atoms with Gasteiger partial charge in [0.05, 0.1) is 0 Å². The summed E-state index contributed by atoms with van der Waals surface area (Å²) in [6.07, 6.45) is 8.12. The second kappa shape index (κ2) is 15.6. The molecule has 2 saturated carbocycles. The summed E-state index contributed by atoms with van der Waals surface area (Å²) in [5.41, 5.74) is 9.91. The van der Waals surface area contributed by atoms with Crippen molar-refractivity contribution in [1.29, 1.82) is 0 Å². The average molecular weight is 837 g/mol. The van der Waals surface area contributed by atoms with Crippen LogP contribution in [0.4, 0.5) is 21.0 Å². The lowest BCUT2D eigenvalue weighted by atomic mass is 9.87. The number of benzene rings is 4. The summed E-state index contributed by atoms with van der Waals surface area (Å²) < 4.78 is 11.4. The molecule has 4 aromatic rings. The van der Waals surface area contributed by atoms with Crippen molar-refractivity contribution in [3.8, 4) is 22.3 Å². The number of likely N-dealkylation sites (tertiary alicyclic amines) is 2. The third kappa shape index (κ3) is 9.11. The highest BCUT2D eigenvalue weighted by molar-refractivity contribution is 5.98. The molecule has 10 heteroatoms. The zero-order chi connectivity index (χ0) is 43.6. The second-order valence-electron chi connectivity index (χ2n) is 20.8. The SMILES string of the molecule is CC(C)(C)OC(=O)N1CC2(CC2)C[C@H]1C(=O)Nc1ccc(-c2cc3ccc2CCc2ccc(c(-c4ccc(NC(=O)[C@@H]5CC6(CC6)CN5C(=O)OC(C)(C)C)cc4)c2)CC3)cc1. The van der Waals surface area contributed by atoms with Gasteiger partial charge in [0.1, 0.15) is 23.3 Å². The van der Waals surface area contributed by atoms with E-state index in [1.807, 2.05) is 65.8 Å². The number of amides is 4. The number of carbonyl (C=O) groups is 4. The van der Waals surface area contributed by atoms with Gasteiger partial charge in [-0.1, -0.05) is 60.7 Å². The molecule has 4 aromatic carbocycles. The van der Waals surface area contributed by atoms with E-state index in [1.165, 1.54) is 33.4 Å². The van der Waals surface area contributed by atoms with Crippen molar-refractivity contribution < 1.29 is 28.7 Å². The summed E-state index contributed by atoms with van der Waals surface area (Å²) in [7, 11) is 0. The quantitative estimate of drug-likeness (QED) is 0.200. The predicted octanol–water partition coefficient (Wildman–Crippen LogP) is 10.4. The van der Waals surface area contributed by atoms with E-state index in [-0.39, 0.29) is 22.6 Å². The minimum absolute atomic E-state index is 0.0469. The van der Waals surface area contributed by atoms with E-state index < -0.39 is 35.5 Å². The van der Waals surface area contributed by atoms with Gasteiger partial charge in [-0.3, -0.25) is 19.4 Å². The van der Waals surface area contributed by atoms with Gasteiger partial charge in [0.25, 0.3) is 0 Å². The topological polar surface area (TPSA) is 117 Å². The number of carbonyl (C=O) groups excluding carboxylic acids is 4. The van der Waals surface area contributed by atoms with Gasteiger partial charge in [-0.05, 0) is 185 Å². The molecule has 0 unspecified atom stereocenters. The van der Waals surface area contributed by atoms with E-state index in [1.54, 1.807) is 9.80 Å². The number of hydrogen-bond donors (Lipinski definition) is 2. The van der Waals surface area contributed by atoms with Crippen LogP contribution in [0, 0.1) is 10.8 Å². The van der Waals surface area contributed by atoms with Crippen LogP contribution in [0.25, 0.3) is 22.3 Å². The van der Waals surface area contributed by atoms with Crippen LogP contribution in [0.5, 0.6) is 0 Å². The van der Waals surface area contributed by atoms with Crippen molar-refractivity contribution in [3.63, 3.8) is 0 Å².